The van der Waals surface area contributed by atoms with E-state index in [0.717, 1.165) is 42.5 Å². The van der Waals surface area contributed by atoms with Gasteiger partial charge < -0.3 is 16.0 Å². The van der Waals surface area contributed by atoms with Gasteiger partial charge in [-0.1, -0.05) is 19.1 Å². The molecule has 140 valence electrons. The van der Waals surface area contributed by atoms with Crippen LogP contribution in [0.5, 0.6) is 0 Å². The van der Waals surface area contributed by atoms with Crippen molar-refractivity contribution in [1.82, 2.24) is 9.97 Å². The van der Waals surface area contributed by atoms with E-state index in [1.54, 1.807) is 0 Å². The van der Waals surface area contributed by atoms with Crippen LogP contribution in [0, 0.1) is 6.92 Å². The van der Waals surface area contributed by atoms with Gasteiger partial charge in [-0.2, -0.15) is 0 Å². The fraction of sp³-hybridized carbons (Fsp3) is 0.421. The van der Waals surface area contributed by atoms with Crippen molar-refractivity contribution in [3.8, 4) is 0 Å². The third-order valence-electron chi connectivity index (χ3n) is 4.33. The van der Waals surface area contributed by atoms with Crippen molar-refractivity contribution in [3.05, 3.63) is 47.3 Å². The molecule has 26 heavy (non-hydrogen) atoms. The molecule has 0 spiro atoms. The van der Waals surface area contributed by atoms with E-state index in [1.807, 2.05) is 25.1 Å². The standard InChI is InChI=1S/C19H26N6.HI/c1-3-15-6-8-16(9-7-15)23-18(20)21-13-17-12-14(2)22-19(24-17)25-10-4-5-11-25;/h6-9,12H,3-5,10-11,13H2,1-2H3,(H3,20,21,23);1H. The second kappa shape index (κ2) is 9.70. The van der Waals surface area contributed by atoms with E-state index in [0.29, 0.717) is 12.5 Å². The molecule has 0 radical (unpaired) electrons. The number of aliphatic imine (C=N–C) groups is 1. The second-order valence-electron chi connectivity index (χ2n) is 6.37. The van der Waals surface area contributed by atoms with Crippen LogP contribution in [0.2, 0.25) is 0 Å². The van der Waals surface area contributed by atoms with Gasteiger partial charge in [-0.3, -0.25) is 0 Å². The summed E-state index contributed by atoms with van der Waals surface area (Å²) in [7, 11) is 0. The molecular weight excluding hydrogens is 439 g/mol. The van der Waals surface area contributed by atoms with Crippen molar-refractivity contribution < 1.29 is 0 Å². The molecule has 0 amide bonds. The number of aromatic nitrogens is 2. The monoisotopic (exact) mass is 466 g/mol. The summed E-state index contributed by atoms with van der Waals surface area (Å²) in [5.41, 5.74) is 10.1. The van der Waals surface area contributed by atoms with Gasteiger partial charge >= 0.3 is 0 Å². The number of nitrogens with two attached hydrogens (primary N) is 1. The molecule has 0 saturated carbocycles. The predicted molar refractivity (Wildman–Crippen MR) is 118 cm³/mol. The summed E-state index contributed by atoms with van der Waals surface area (Å²) in [5.74, 6) is 1.20. The second-order valence-corrected chi connectivity index (χ2v) is 6.37. The Labute approximate surface area is 172 Å². The molecule has 1 aliphatic rings. The molecule has 3 N–H and O–H groups in total. The normalized spacial score (nSPS) is 14.2. The average Bonchev–Trinajstić information content (AvgIpc) is 3.15. The van der Waals surface area contributed by atoms with Gasteiger partial charge in [-0.15, -0.1) is 24.0 Å². The van der Waals surface area contributed by atoms with Crippen LogP contribution in [0.1, 0.15) is 36.7 Å². The number of hydrogen-bond donors (Lipinski definition) is 2. The molecular formula is C19H27IN6. The quantitative estimate of drug-likeness (QED) is 0.401. The van der Waals surface area contributed by atoms with Gasteiger partial charge in [0.15, 0.2) is 5.96 Å². The zero-order chi connectivity index (χ0) is 17.6. The van der Waals surface area contributed by atoms with E-state index in [1.165, 1.54) is 18.4 Å². The lowest BCUT2D eigenvalue weighted by Gasteiger charge is -2.16. The number of hydrogen-bond acceptors (Lipinski definition) is 4. The predicted octanol–water partition coefficient (Wildman–Crippen LogP) is 3.49. The lowest BCUT2D eigenvalue weighted by atomic mass is 10.1. The van der Waals surface area contributed by atoms with Crippen LogP contribution in [0.3, 0.4) is 0 Å². The zero-order valence-electron chi connectivity index (χ0n) is 15.4. The van der Waals surface area contributed by atoms with E-state index < -0.39 is 0 Å². The Bertz CT molecular complexity index is 738. The van der Waals surface area contributed by atoms with E-state index in [2.05, 4.69) is 44.2 Å². The van der Waals surface area contributed by atoms with Crippen LogP contribution >= 0.6 is 24.0 Å². The van der Waals surface area contributed by atoms with Crippen LogP contribution in [0.15, 0.2) is 35.3 Å². The van der Waals surface area contributed by atoms with E-state index >= 15 is 0 Å². The largest absolute Gasteiger partial charge is 0.370 e. The Morgan fingerprint density at radius 1 is 1.19 bits per heavy atom. The molecule has 0 atom stereocenters. The van der Waals surface area contributed by atoms with Gasteiger partial charge in [-0.05, 0) is 49.9 Å². The third kappa shape index (κ3) is 5.55. The summed E-state index contributed by atoms with van der Waals surface area (Å²) in [6.45, 7) is 6.63. The molecule has 0 unspecified atom stereocenters. The maximum Gasteiger partial charge on any atom is 0.225 e. The van der Waals surface area contributed by atoms with Crippen molar-refractivity contribution >= 4 is 41.6 Å². The minimum atomic E-state index is 0. The molecule has 1 aromatic heterocycles. The van der Waals surface area contributed by atoms with Crippen LogP contribution in [0.25, 0.3) is 0 Å². The van der Waals surface area contributed by atoms with Crippen LogP contribution in [-0.4, -0.2) is 29.0 Å². The summed E-state index contributed by atoms with van der Waals surface area (Å²) in [6, 6.07) is 10.2. The summed E-state index contributed by atoms with van der Waals surface area (Å²) in [5, 5.41) is 3.12. The average molecular weight is 466 g/mol. The van der Waals surface area contributed by atoms with Gasteiger partial charge in [0.05, 0.1) is 12.2 Å². The number of benzene rings is 1. The van der Waals surface area contributed by atoms with E-state index in [-0.39, 0.29) is 24.0 Å². The highest BCUT2D eigenvalue weighted by molar-refractivity contribution is 14.0. The van der Waals surface area contributed by atoms with E-state index in [9.17, 15) is 0 Å². The van der Waals surface area contributed by atoms with Gasteiger partial charge in [0, 0.05) is 24.5 Å². The first-order valence-electron chi connectivity index (χ1n) is 8.89. The van der Waals surface area contributed by atoms with Crippen molar-refractivity contribution in [2.24, 2.45) is 10.7 Å². The number of halogens is 1. The number of rotatable bonds is 5. The van der Waals surface area contributed by atoms with Gasteiger partial charge in [0.2, 0.25) is 5.95 Å². The van der Waals surface area contributed by atoms with Crippen molar-refractivity contribution in [1.29, 1.82) is 0 Å². The number of nitrogens with zero attached hydrogens (tertiary/aromatic N) is 4. The molecule has 0 aliphatic carbocycles. The van der Waals surface area contributed by atoms with Gasteiger partial charge in [0.25, 0.3) is 0 Å². The van der Waals surface area contributed by atoms with Crippen molar-refractivity contribution in [3.63, 3.8) is 0 Å². The van der Waals surface area contributed by atoms with Gasteiger partial charge in [0.1, 0.15) is 0 Å². The molecule has 2 aromatic rings. The highest BCUT2D eigenvalue weighted by atomic mass is 127. The number of guanidine groups is 1. The maximum absolute atomic E-state index is 6.01. The molecule has 1 fully saturated rings. The molecule has 3 rings (SSSR count). The first-order chi connectivity index (χ1) is 12.1. The highest BCUT2D eigenvalue weighted by Gasteiger charge is 2.15. The molecule has 1 aliphatic heterocycles. The highest BCUT2D eigenvalue weighted by Crippen LogP contribution is 2.17. The fourth-order valence-corrected chi connectivity index (χ4v) is 2.93. The minimum Gasteiger partial charge on any atom is -0.370 e. The number of nitrogens with one attached hydrogen (secondary N) is 1. The van der Waals surface area contributed by atoms with Crippen molar-refractivity contribution in [2.75, 3.05) is 23.3 Å². The molecule has 0 bridgehead atoms. The Morgan fingerprint density at radius 2 is 1.88 bits per heavy atom. The summed E-state index contributed by atoms with van der Waals surface area (Å²) in [4.78, 5) is 15.8. The summed E-state index contributed by atoms with van der Waals surface area (Å²) >= 11 is 0. The molecule has 1 saturated heterocycles. The van der Waals surface area contributed by atoms with E-state index in [4.69, 9.17) is 5.73 Å². The maximum atomic E-state index is 6.01. The minimum absolute atomic E-state index is 0. The Morgan fingerprint density at radius 3 is 2.54 bits per heavy atom. The Hall–Kier alpha value is -1.90. The lowest BCUT2D eigenvalue weighted by molar-refractivity contribution is 0.857. The topological polar surface area (TPSA) is 79.4 Å². The molecule has 2 heterocycles. The number of anilines is 2. The fourth-order valence-electron chi connectivity index (χ4n) is 2.93. The first kappa shape index (κ1) is 20.4. The molecule has 6 nitrogen and oxygen atoms in total. The SMILES string of the molecule is CCc1ccc(NC(N)=NCc2cc(C)nc(N3CCCC3)n2)cc1.I. The first-order valence-corrected chi connectivity index (χ1v) is 8.89. The zero-order valence-corrected chi connectivity index (χ0v) is 17.7. The van der Waals surface area contributed by atoms with Gasteiger partial charge in [-0.25, -0.2) is 15.0 Å². The van der Waals surface area contributed by atoms with Crippen LogP contribution in [-0.2, 0) is 13.0 Å². The summed E-state index contributed by atoms with van der Waals surface area (Å²) < 4.78 is 0. The van der Waals surface area contributed by atoms with Crippen molar-refractivity contribution in [2.45, 2.75) is 39.7 Å². The lowest BCUT2D eigenvalue weighted by Crippen LogP contribution is -2.23. The Balaban J connectivity index is 0.00000243. The molecule has 7 heteroatoms. The smallest absolute Gasteiger partial charge is 0.225 e. The molecule has 1 aromatic carbocycles. The third-order valence-corrected chi connectivity index (χ3v) is 4.33. The number of aryl methyl sites for hydroxylation is 2. The summed E-state index contributed by atoms with van der Waals surface area (Å²) in [6.07, 6.45) is 3.44. The Kier molecular flexibility index (Phi) is 7.62. The van der Waals surface area contributed by atoms with Crippen LogP contribution in [0.4, 0.5) is 11.6 Å². The van der Waals surface area contributed by atoms with Crippen LogP contribution < -0.4 is 16.0 Å².